The molecule has 3 aromatic carbocycles. The molecule has 0 saturated carbocycles. The smallest absolute Gasteiger partial charge is 0.255 e. The third kappa shape index (κ3) is 3.66. The van der Waals surface area contributed by atoms with Gasteiger partial charge < -0.3 is 14.5 Å². The van der Waals surface area contributed by atoms with E-state index in [0.29, 0.717) is 28.5 Å². The molecule has 4 aromatic rings. The maximum absolute atomic E-state index is 12.6. The fourth-order valence-electron chi connectivity index (χ4n) is 2.76. The van der Waals surface area contributed by atoms with Crippen LogP contribution in [0.2, 0.25) is 0 Å². The van der Waals surface area contributed by atoms with Gasteiger partial charge in [0.15, 0.2) is 5.58 Å². The van der Waals surface area contributed by atoms with Crippen molar-refractivity contribution in [3.05, 3.63) is 75.9 Å². The molecule has 1 N–H and O–H groups in total. The number of benzene rings is 3. The van der Waals surface area contributed by atoms with Crippen molar-refractivity contribution in [2.45, 2.75) is 0 Å². The van der Waals surface area contributed by atoms with E-state index in [9.17, 15) is 4.79 Å². The second kappa shape index (κ2) is 7.40. The van der Waals surface area contributed by atoms with E-state index < -0.39 is 0 Å². The van der Waals surface area contributed by atoms with E-state index in [1.165, 1.54) is 0 Å². The monoisotopic (exact) mass is 470 g/mol. The van der Waals surface area contributed by atoms with Gasteiger partial charge in [-0.05, 0) is 71.1 Å². The molecular weight excluding hydrogens is 455 g/mol. The van der Waals surface area contributed by atoms with E-state index in [0.717, 1.165) is 14.7 Å². The molecule has 0 unspecified atom stereocenters. The summed E-state index contributed by atoms with van der Waals surface area (Å²) < 4.78 is 12.2. The van der Waals surface area contributed by atoms with Crippen LogP contribution in [0.5, 0.6) is 5.75 Å². The minimum absolute atomic E-state index is 0.207. The van der Waals surface area contributed by atoms with Crippen molar-refractivity contribution >= 4 is 45.3 Å². The van der Waals surface area contributed by atoms with Crippen molar-refractivity contribution in [2.75, 3.05) is 12.4 Å². The standard InChI is InChI=1S/C21H15IN2O3/c1-26-18-10-9-14(21-24-16-7-2-3-8-19(16)27-21)12-17(18)23-20(25)13-5-4-6-15(22)11-13/h2-12H,1H3,(H,23,25). The van der Waals surface area contributed by atoms with Gasteiger partial charge in [0.05, 0.1) is 12.8 Å². The number of carbonyl (C=O) groups excluding carboxylic acids is 1. The number of oxazole rings is 1. The minimum Gasteiger partial charge on any atom is -0.495 e. The van der Waals surface area contributed by atoms with Gasteiger partial charge in [0.1, 0.15) is 11.3 Å². The Morgan fingerprint density at radius 2 is 1.93 bits per heavy atom. The van der Waals surface area contributed by atoms with Crippen LogP contribution in [0.25, 0.3) is 22.6 Å². The molecule has 0 aliphatic rings. The fourth-order valence-corrected chi connectivity index (χ4v) is 3.30. The predicted molar refractivity (Wildman–Crippen MR) is 113 cm³/mol. The first kappa shape index (κ1) is 17.5. The summed E-state index contributed by atoms with van der Waals surface area (Å²) >= 11 is 2.18. The zero-order chi connectivity index (χ0) is 18.8. The van der Waals surface area contributed by atoms with E-state index in [1.807, 2.05) is 48.5 Å². The molecular formula is C21H15IN2O3. The summed E-state index contributed by atoms with van der Waals surface area (Å²) in [4.78, 5) is 17.1. The Hall–Kier alpha value is -2.87. The molecule has 134 valence electrons. The molecule has 0 bridgehead atoms. The van der Waals surface area contributed by atoms with Gasteiger partial charge in [-0.15, -0.1) is 0 Å². The van der Waals surface area contributed by atoms with Crippen LogP contribution in [0.1, 0.15) is 10.4 Å². The van der Waals surface area contributed by atoms with Gasteiger partial charge in [-0.3, -0.25) is 4.79 Å². The highest BCUT2D eigenvalue weighted by atomic mass is 127. The summed E-state index contributed by atoms with van der Waals surface area (Å²) in [7, 11) is 1.57. The lowest BCUT2D eigenvalue weighted by atomic mass is 10.1. The van der Waals surface area contributed by atoms with Crippen molar-refractivity contribution in [3.63, 3.8) is 0 Å². The number of methoxy groups -OCH3 is 1. The van der Waals surface area contributed by atoms with Crippen molar-refractivity contribution in [3.8, 4) is 17.2 Å². The van der Waals surface area contributed by atoms with E-state index in [1.54, 1.807) is 25.3 Å². The number of hydrogen-bond donors (Lipinski definition) is 1. The second-order valence-electron chi connectivity index (χ2n) is 5.87. The van der Waals surface area contributed by atoms with Crippen LogP contribution in [-0.2, 0) is 0 Å². The first-order valence-corrected chi connectivity index (χ1v) is 9.33. The van der Waals surface area contributed by atoms with Gasteiger partial charge in [-0.1, -0.05) is 18.2 Å². The number of anilines is 1. The molecule has 0 radical (unpaired) electrons. The van der Waals surface area contributed by atoms with Gasteiger partial charge in [-0.25, -0.2) is 4.98 Å². The summed E-state index contributed by atoms with van der Waals surface area (Å²) in [6.45, 7) is 0. The van der Waals surface area contributed by atoms with E-state index in [2.05, 4.69) is 32.9 Å². The SMILES string of the molecule is COc1ccc(-c2nc3ccccc3o2)cc1NC(=O)c1cccc(I)c1. The summed E-state index contributed by atoms with van der Waals surface area (Å²) in [6.07, 6.45) is 0. The molecule has 1 amide bonds. The van der Waals surface area contributed by atoms with Gasteiger partial charge in [0.2, 0.25) is 5.89 Å². The molecule has 0 aliphatic heterocycles. The van der Waals surface area contributed by atoms with Crippen molar-refractivity contribution < 1.29 is 13.9 Å². The molecule has 0 aliphatic carbocycles. The molecule has 6 heteroatoms. The molecule has 0 saturated heterocycles. The normalized spacial score (nSPS) is 10.7. The summed E-state index contributed by atoms with van der Waals surface area (Å²) in [5.74, 6) is 0.846. The Morgan fingerprint density at radius 1 is 1.07 bits per heavy atom. The number of fused-ring (bicyclic) bond motifs is 1. The molecule has 0 atom stereocenters. The summed E-state index contributed by atoms with van der Waals surface area (Å²) in [6, 6.07) is 20.4. The number of amides is 1. The van der Waals surface area contributed by atoms with Crippen LogP contribution in [-0.4, -0.2) is 18.0 Å². The Bertz CT molecular complexity index is 1100. The lowest BCUT2D eigenvalue weighted by molar-refractivity contribution is 0.102. The molecule has 0 fully saturated rings. The highest BCUT2D eigenvalue weighted by Gasteiger charge is 2.14. The van der Waals surface area contributed by atoms with Crippen LogP contribution in [0.15, 0.2) is 71.1 Å². The van der Waals surface area contributed by atoms with E-state index in [4.69, 9.17) is 9.15 Å². The highest BCUT2D eigenvalue weighted by molar-refractivity contribution is 14.1. The number of hydrogen-bond acceptors (Lipinski definition) is 4. The molecule has 1 aromatic heterocycles. The number of rotatable bonds is 4. The van der Waals surface area contributed by atoms with Gasteiger partial charge in [0.25, 0.3) is 5.91 Å². The Kier molecular flexibility index (Phi) is 4.81. The average molecular weight is 470 g/mol. The van der Waals surface area contributed by atoms with E-state index in [-0.39, 0.29) is 5.91 Å². The van der Waals surface area contributed by atoms with Gasteiger partial charge in [0, 0.05) is 14.7 Å². The van der Waals surface area contributed by atoms with E-state index >= 15 is 0 Å². The number of aromatic nitrogens is 1. The van der Waals surface area contributed by atoms with Crippen LogP contribution in [0.4, 0.5) is 5.69 Å². The van der Waals surface area contributed by atoms with Crippen molar-refractivity contribution in [2.24, 2.45) is 0 Å². The molecule has 0 spiro atoms. The van der Waals surface area contributed by atoms with Crippen LogP contribution >= 0.6 is 22.6 Å². The maximum atomic E-state index is 12.6. The Labute approximate surface area is 169 Å². The Morgan fingerprint density at radius 3 is 2.70 bits per heavy atom. The lowest BCUT2D eigenvalue weighted by Crippen LogP contribution is -2.12. The van der Waals surface area contributed by atoms with Crippen LogP contribution in [0.3, 0.4) is 0 Å². The third-order valence-corrected chi connectivity index (χ3v) is 4.75. The zero-order valence-corrected chi connectivity index (χ0v) is 16.6. The molecule has 4 rings (SSSR count). The summed E-state index contributed by atoms with van der Waals surface area (Å²) in [5, 5.41) is 2.91. The molecule has 5 nitrogen and oxygen atoms in total. The van der Waals surface area contributed by atoms with Gasteiger partial charge >= 0.3 is 0 Å². The van der Waals surface area contributed by atoms with Crippen molar-refractivity contribution in [1.82, 2.24) is 4.98 Å². The predicted octanol–water partition coefficient (Wildman–Crippen LogP) is 5.36. The Balaban J connectivity index is 1.69. The number of nitrogens with zero attached hydrogens (tertiary/aromatic N) is 1. The number of carbonyl (C=O) groups is 1. The molecule has 1 heterocycles. The topological polar surface area (TPSA) is 64.4 Å². The van der Waals surface area contributed by atoms with Crippen LogP contribution < -0.4 is 10.1 Å². The number of ether oxygens (including phenoxy) is 1. The quantitative estimate of drug-likeness (QED) is 0.408. The number of para-hydroxylation sites is 2. The fraction of sp³-hybridized carbons (Fsp3) is 0.0476. The summed E-state index contributed by atoms with van der Waals surface area (Å²) in [5.41, 5.74) is 3.39. The largest absolute Gasteiger partial charge is 0.495 e. The second-order valence-corrected chi connectivity index (χ2v) is 7.11. The highest BCUT2D eigenvalue weighted by Crippen LogP contribution is 2.32. The number of halogens is 1. The molecule has 27 heavy (non-hydrogen) atoms. The first-order chi connectivity index (χ1) is 13.1. The minimum atomic E-state index is -0.207. The van der Waals surface area contributed by atoms with Gasteiger partial charge in [-0.2, -0.15) is 0 Å². The van der Waals surface area contributed by atoms with Crippen molar-refractivity contribution in [1.29, 1.82) is 0 Å². The van der Waals surface area contributed by atoms with Crippen LogP contribution in [0, 0.1) is 3.57 Å². The lowest BCUT2D eigenvalue weighted by Gasteiger charge is -2.11. The zero-order valence-electron chi connectivity index (χ0n) is 14.4. The first-order valence-electron chi connectivity index (χ1n) is 8.25. The third-order valence-electron chi connectivity index (χ3n) is 4.08. The average Bonchev–Trinajstić information content (AvgIpc) is 3.12. The number of nitrogens with one attached hydrogen (secondary N) is 1. The maximum Gasteiger partial charge on any atom is 0.255 e.